The zero-order chi connectivity index (χ0) is 15.0. The van der Waals surface area contributed by atoms with Gasteiger partial charge < -0.3 is 10.4 Å². The van der Waals surface area contributed by atoms with Crippen molar-refractivity contribution in [2.24, 2.45) is 0 Å². The first-order valence-electron chi connectivity index (χ1n) is 6.66. The van der Waals surface area contributed by atoms with E-state index in [-0.39, 0.29) is 5.69 Å². The second-order valence-corrected chi connectivity index (χ2v) is 5.93. The molecule has 2 N–H and O–H groups in total. The Labute approximate surface area is 130 Å². The van der Waals surface area contributed by atoms with Crippen LogP contribution in [0.15, 0.2) is 22.7 Å². The molecule has 1 aromatic heterocycles. The number of nitrogens with one attached hydrogen (secondary N) is 1. The first kappa shape index (κ1) is 14.2. The van der Waals surface area contributed by atoms with Crippen LogP contribution >= 0.6 is 15.9 Å². The van der Waals surface area contributed by atoms with Crippen LogP contribution in [0.3, 0.4) is 0 Å². The zero-order valence-electron chi connectivity index (χ0n) is 11.5. The van der Waals surface area contributed by atoms with Gasteiger partial charge in [-0.1, -0.05) is 15.9 Å². The third-order valence-corrected chi connectivity index (χ3v) is 4.06. The lowest BCUT2D eigenvalue weighted by molar-refractivity contribution is 0.0688. The van der Waals surface area contributed by atoms with E-state index in [1.807, 2.05) is 25.1 Å². The van der Waals surface area contributed by atoms with Crippen molar-refractivity contribution in [3.8, 4) is 11.4 Å². The van der Waals surface area contributed by atoms with E-state index in [4.69, 9.17) is 0 Å². The normalized spacial score (nSPS) is 13.8. The Hall–Kier alpha value is -1.79. The van der Waals surface area contributed by atoms with Gasteiger partial charge in [-0.25, -0.2) is 14.8 Å². The van der Waals surface area contributed by atoms with Gasteiger partial charge in [0.15, 0.2) is 11.5 Å². The summed E-state index contributed by atoms with van der Waals surface area (Å²) in [7, 11) is 0. The number of rotatable bonds is 2. The highest BCUT2D eigenvalue weighted by Crippen LogP contribution is 2.26. The third-order valence-electron chi connectivity index (χ3n) is 3.57. The Bertz CT molecular complexity index is 731. The topological polar surface area (TPSA) is 75.1 Å². The van der Waals surface area contributed by atoms with Crippen molar-refractivity contribution < 1.29 is 9.90 Å². The molecule has 21 heavy (non-hydrogen) atoms. The fourth-order valence-electron chi connectivity index (χ4n) is 2.53. The van der Waals surface area contributed by atoms with Gasteiger partial charge in [-0.15, -0.1) is 0 Å². The van der Waals surface area contributed by atoms with E-state index in [1.165, 1.54) is 0 Å². The standard InChI is InChI=1S/C15H14BrN3O2/c1-8-6-9(16)2-3-10(8)14-18-12-7-17-5-4-11(12)13(19-14)15(20)21/h2-3,6,17H,4-5,7H2,1H3,(H,20,21). The second-order valence-electron chi connectivity index (χ2n) is 5.01. The lowest BCUT2D eigenvalue weighted by Gasteiger charge is -2.19. The Morgan fingerprint density at radius 1 is 1.38 bits per heavy atom. The first-order valence-corrected chi connectivity index (χ1v) is 7.46. The number of hydrogen-bond acceptors (Lipinski definition) is 4. The van der Waals surface area contributed by atoms with Gasteiger partial charge in [-0.3, -0.25) is 0 Å². The number of carbonyl (C=O) groups is 1. The molecule has 0 bridgehead atoms. The minimum absolute atomic E-state index is 0.124. The quantitative estimate of drug-likeness (QED) is 0.873. The molecule has 1 aromatic carbocycles. The van der Waals surface area contributed by atoms with Gasteiger partial charge in [0.05, 0.1) is 5.69 Å². The molecule has 0 radical (unpaired) electrons. The van der Waals surface area contributed by atoms with E-state index in [0.717, 1.165) is 33.4 Å². The van der Waals surface area contributed by atoms with E-state index in [0.29, 0.717) is 18.8 Å². The van der Waals surface area contributed by atoms with Gasteiger partial charge in [0, 0.05) is 22.1 Å². The monoisotopic (exact) mass is 347 g/mol. The molecule has 2 aromatic rings. The molecular weight excluding hydrogens is 334 g/mol. The van der Waals surface area contributed by atoms with Crippen molar-refractivity contribution in [3.05, 3.63) is 45.2 Å². The van der Waals surface area contributed by atoms with Crippen molar-refractivity contribution in [2.75, 3.05) is 6.54 Å². The largest absolute Gasteiger partial charge is 0.476 e. The minimum Gasteiger partial charge on any atom is -0.476 e. The van der Waals surface area contributed by atoms with Crippen LogP contribution in [0.2, 0.25) is 0 Å². The van der Waals surface area contributed by atoms with Gasteiger partial charge >= 0.3 is 5.97 Å². The van der Waals surface area contributed by atoms with Gasteiger partial charge in [0.25, 0.3) is 0 Å². The van der Waals surface area contributed by atoms with Gasteiger partial charge in [0.1, 0.15) is 0 Å². The number of halogens is 1. The number of aromatic carboxylic acids is 1. The fourth-order valence-corrected chi connectivity index (χ4v) is 3.01. The van der Waals surface area contributed by atoms with E-state index in [9.17, 15) is 9.90 Å². The number of benzene rings is 1. The average molecular weight is 348 g/mol. The van der Waals surface area contributed by atoms with Crippen molar-refractivity contribution in [1.29, 1.82) is 0 Å². The Kier molecular flexibility index (Phi) is 3.73. The summed E-state index contributed by atoms with van der Waals surface area (Å²) in [5.41, 5.74) is 3.52. The summed E-state index contributed by atoms with van der Waals surface area (Å²) in [6.07, 6.45) is 0.649. The number of carboxylic acid groups (broad SMARTS) is 1. The van der Waals surface area contributed by atoms with Crippen LogP contribution in [0.25, 0.3) is 11.4 Å². The summed E-state index contributed by atoms with van der Waals surface area (Å²) in [6.45, 7) is 3.30. The highest BCUT2D eigenvalue weighted by Gasteiger charge is 2.22. The number of fused-ring (bicyclic) bond motifs is 1. The van der Waals surface area contributed by atoms with Crippen LogP contribution in [0.4, 0.5) is 0 Å². The lowest BCUT2D eigenvalue weighted by atomic mass is 10.0. The van der Waals surface area contributed by atoms with Crippen LogP contribution in [0, 0.1) is 6.92 Å². The Morgan fingerprint density at radius 3 is 2.90 bits per heavy atom. The van der Waals surface area contributed by atoms with Crippen LogP contribution in [0.5, 0.6) is 0 Å². The minimum atomic E-state index is -0.994. The van der Waals surface area contributed by atoms with Gasteiger partial charge in [-0.05, 0) is 43.7 Å². The van der Waals surface area contributed by atoms with Crippen LogP contribution in [-0.2, 0) is 13.0 Å². The van der Waals surface area contributed by atoms with E-state index in [1.54, 1.807) is 0 Å². The molecule has 0 atom stereocenters. The summed E-state index contributed by atoms with van der Waals surface area (Å²) in [5, 5.41) is 12.6. The van der Waals surface area contributed by atoms with Gasteiger partial charge in [0.2, 0.25) is 0 Å². The number of nitrogens with zero attached hydrogens (tertiary/aromatic N) is 2. The summed E-state index contributed by atoms with van der Waals surface area (Å²) in [6, 6.07) is 5.78. The molecule has 0 saturated heterocycles. The SMILES string of the molecule is Cc1cc(Br)ccc1-c1nc2c(c(C(=O)O)n1)CCNC2. The highest BCUT2D eigenvalue weighted by atomic mass is 79.9. The molecular formula is C15H14BrN3O2. The first-order chi connectivity index (χ1) is 10.1. The fraction of sp³-hybridized carbons (Fsp3) is 0.267. The molecule has 5 nitrogen and oxygen atoms in total. The molecule has 108 valence electrons. The third kappa shape index (κ3) is 2.69. The molecule has 0 spiro atoms. The highest BCUT2D eigenvalue weighted by molar-refractivity contribution is 9.10. The summed E-state index contributed by atoms with van der Waals surface area (Å²) in [4.78, 5) is 20.3. The van der Waals surface area contributed by atoms with Gasteiger partial charge in [-0.2, -0.15) is 0 Å². The van der Waals surface area contributed by atoms with Crippen LogP contribution < -0.4 is 5.32 Å². The van der Waals surface area contributed by atoms with Crippen LogP contribution in [-0.4, -0.2) is 27.6 Å². The maximum atomic E-state index is 11.5. The van der Waals surface area contributed by atoms with Crippen molar-refractivity contribution in [1.82, 2.24) is 15.3 Å². The van der Waals surface area contributed by atoms with Crippen molar-refractivity contribution in [3.63, 3.8) is 0 Å². The number of hydrogen-bond donors (Lipinski definition) is 2. The van der Waals surface area contributed by atoms with Crippen molar-refractivity contribution >= 4 is 21.9 Å². The van der Waals surface area contributed by atoms with E-state index < -0.39 is 5.97 Å². The molecule has 0 fully saturated rings. The molecule has 6 heteroatoms. The molecule has 1 aliphatic rings. The summed E-state index contributed by atoms with van der Waals surface area (Å²) >= 11 is 3.42. The molecule has 0 amide bonds. The van der Waals surface area contributed by atoms with E-state index in [2.05, 4.69) is 31.2 Å². The Balaban J connectivity index is 2.19. The van der Waals surface area contributed by atoms with E-state index >= 15 is 0 Å². The molecule has 1 aliphatic heterocycles. The predicted octanol–water partition coefficient (Wildman–Crippen LogP) is 2.56. The molecule has 3 rings (SSSR count). The molecule has 0 unspecified atom stereocenters. The summed E-state index contributed by atoms with van der Waals surface area (Å²) in [5.74, 6) is -0.522. The average Bonchev–Trinajstić information content (AvgIpc) is 2.46. The number of aromatic nitrogens is 2. The van der Waals surface area contributed by atoms with Crippen molar-refractivity contribution in [2.45, 2.75) is 19.9 Å². The second kappa shape index (κ2) is 5.54. The number of aryl methyl sites for hydroxylation is 1. The maximum Gasteiger partial charge on any atom is 0.354 e. The zero-order valence-corrected chi connectivity index (χ0v) is 13.1. The summed E-state index contributed by atoms with van der Waals surface area (Å²) < 4.78 is 0.974. The smallest absolute Gasteiger partial charge is 0.354 e. The number of carboxylic acids is 1. The predicted molar refractivity (Wildman–Crippen MR) is 82.3 cm³/mol. The lowest BCUT2D eigenvalue weighted by Crippen LogP contribution is -2.27. The molecule has 0 aliphatic carbocycles. The molecule has 2 heterocycles. The Morgan fingerprint density at radius 2 is 2.19 bits per heavy atom. The van der Waals surface area contributed by atoms with Crippen LogP contribution in [0.1, 0.15) is 27.3 Å². The maximum absolute atomic E-state index is 11.5. The molecule has 0 saturated carbocycles.